The zero-order valence-corrected chi connectivity index (χ0v) is 12.7. The van der Waals surface area contributed by atoms with Crippen LogP contribution in [0, 0.1) is 12.8 Å². The van der Waals surface area contributed by atoms with Crippen molar-refractivity contribution >= 4 is 17.6 Å². The molecule has 0 bridgehead atoms. The van der Waals surface area contributed by atoms with E-state index < -0.39 is 11.8 Å². The number of fused-ring (bicyclic) bond motifs is 1. The summed E-state index contributed by atoms with van der Waals surface area (Å²) in [7, 11) is 0. The van der Waals surface area contributed by atoms with E-state index in [9.17, 15) is 9.59 Å². The Morgan fingerprint density at radius 1 is 1.30 bits per heavy atom. The van der Waals surface area contributed by atoms with Gasteiger partial charge in [-0.2, -0.15) is 0 Å². The second kappa shape index (κ2) is 6.51. The lowest BCUT2D eigenvalue weighted by atomic mass is 9.97. The average molecular weight is 315 g/mol. The summed E-state index contributed by atoms with van der Waals surface area (Å²) < 4.78 is 10.5. The number of anilines is 1. The average Bonchev–Trinajstić information content (AvgIpc) is 2.97. The molecule has 7 heteroatoms. The third-order valence-electron chi connectivity index (χ3n) is 3.58. The molecule has 23 heavy (non-hydrogen) atoms. The number of para-hydroxylation sites is 1. The predicted octanol–water partition coefficient (Wildman–Crippen LogP) is 1.29. The fourth-order valence-electron chi connectivity index (χ4n) is 2.44. The van der Waals surface area contributed by atoms with Crippen LogP contribution in [-0.4, -0.2) is 30.1 Å². The molecule has 1 aromatic heterocycles. The number of carbonyl (C=O) groups is 2. The molecule has 0 fully saturated rings. The topological polar surface area (TPSA) is 93.5 Å². The molecular formula is C16H17N3O4. The van der Waals surface area contributed by atoms with Crippen LogP contribution in [0.2, 0.25) is 0 Å². The number of nitrogens with one attached hydrogen (secondary N) is 2. The number of amides is 2. The zero-order valence-electron chi connectivity index (χ0n) is 12.7. The lowest BCUT2D eigenvalue weighted by Crippen LogP contribution is -2.40. The van der Waals surface area contributed by atoms with Gasteiger partial charge in [-0.05, 0) is 25.0 Å². The Balaban J connectivity index is 1.48. The van der Waals surface area contributed by atoms with Crippen LogP contribution in [0.1, 0.15) is 11.3 Å². The standard InChI is InChI=1S/C16H17N3O4/c1-10-6-14(19-23-10)18-16(21)15(20)17-8-11-7-12-4-2-3-5-13(12)22-9-11/h2-6,11H,7-9H2,1H3,(H,17,20)(H,18,19,21)/t11-/m0/s1. The first-order valence-electron chi connectivity index (χ1n) is 7.35. The van der Waals surface area contributed by atoms with E-state index in [1.807, 2.05) is 24.3 Å². The smallest absolute Gasteiger partial charge is 0.314 e. The Hall–Kier alpha value is -2.83. The van der Waals surface area contributed by atoms with Crippen molar-refractivity contribution in [2.45, 2.75) is 13.3 Å². The summed E-state index contributed by atoms with van der Waals surface area (Å²) in [6.07, 6.45) is 0.806. The van der Waals surface area contributed by atoms with Gasteiger partial charge in [0, 0.05) is 18.5 Å². The van der Waals surface area contributed by atoms with Crippen molar-refractivity contribution in [3.8, 4) is 5.75 Å². The largest absolute Gasteiger partial charge is 0.493 e. The first kappa shape index (κ1) is 15.1. The van der Waals surface area contributed by atoms with E-state index in [1.165, 1.54) is 6.07 Å². The minimum absolute atomic E-state index is 0.135. The predicted molar refractivity (Wildman–Crippen MR) is 82.0 cm³/mol. The van der Waals surface area contributed by atoms with Gasteiger partial charge in [0.05, 0.1) is 6.61 Å². The lowest BCUT2D eigenvalue weighted by Gasteiger charge is -2.25. The van der Waals surface area contributed by atoms with Crippen molar-refractivity contribution in [3.63, 3.8) is 0 Å². The first-order chi connectivity index (χ1) is 11.1. The molecule has 2 aromatic rings. The van der Waals surface area contributed by atoms with E-state index in [4.69, 9.17) is 9.26 Å². The Labute approximate surface area is 133 Å². The third kappa shape index (κ3) is 3.68. The number of aryl methyl sites for hydroxylation is 1. The van der Waals surface area contributed by atoms with E-state index in [2.05, 4.69) is 15.8 Å². The molecular weight excluding hydrogens is 298 g/mol. The van der Waals surface area contributed by atoms with Gasteiger partial charge in [0.15, 0.2) is 5.82 Å². The summed E-state index contributed by atoms with van der Waals surface area (Å²) in [5.41, 5.74) is 1.11. The van der Waals surface area contributed by atoms with Gasteiger partial charge in [0.1, 0.15) is 11.5 Å². The molecule has 0 aliphatic carbocycles. The molecule has 2 amide bonds. The first-order valence-corrected chi connectivity index (χ1v) is 7.35. The molecule has 0 unspecified atom stereocenters. The highest BCUT2D eigenvalue weighted by Crippen LogP contribution is 2.26. The second-order valence-corrected chi connectivity index (χ2v) is 5.48. The van der Waals surface area contributed by atoms with Gasteiger partial charge in [-0.25, -0.2) is 0 Å². The van der Waals surface area contributed by atoms with Gasteiger partial charge in [-0.1, -0.05) is 23.4 Å². The summed E-state index contributed by atoms with van der Waals surface area (Å²) in [6, 6.07) is 9.35. The maximum Gasteiger partial charge on any atom is 0.314 e. The molecule has 3 rings (SSSR count). The van der Waals surface area contributed by atoms with Gasteiger partial charge in [-0.3, -0.25) is 14.9 Å². The SMILES string of the molecule is Cc1cc(NC(=O)C(=O)NC[C@H]2COc3ccccc3C2)no1. The molecule has 1 aliphatic rings. The minimum Gasteiger partial charge on any atom is -0.493 e. The summed E-state index contributed by atoms with van der Waals surface area (Å²) in [4.78, 5) is 23.6. The molecule has 0 spiro atoms. The van der Waals surface area contributed by atoms with E-state index in [0.29, 0.717) is 18.9 Å². The normalized spacial score (nSPS) is 16.1. The Kier molecular flexibility index (Phi) is 4.27. The Bertz CT molecular complexity index is 726. The zero-order chi connectivity index (χ0) is 16.2. The second-order valence-electron chi connectivity index (χ2n) is 5.48. The third-order valence-corrected chi connectivity index (χ3v) is 3.58. The van der Waals surface area contributed by atoms with E-state index in [-0.39, 0.29) is 11.7 Å². The van der Waals surface area contributed by atoms with Crippen LogP contribution in [0.3, 0.4) is 0 Å². The van der Waals surface area contributed by atoms with E-state index >= 15 is 0 Å². The van der Waals surface area contributed by atoms with E-state index in [0.717, 1.165) is 17.7 Å². The lowest BCUT2D eigenvalue weighted by molar-refractivity contribution is -0.136. The maximum atomic E-state index is 11.8. The molecule has 2 N–H and O–H groups in total. The monoisotopic (exact) mass is 315 g/mol. The van der Waals surface area contributed by atoms with E-state index in [1.54, 1.807) is 6.92 Å². The van der Waals surface area contributed by atoms with Crippen molar-refractivity contribution < 1.29 is 18.8 Å². The molecule has 7 nitrogen and oxygen atoms in total. The highest BCUT2D eigenvalue weighted by Gasteiger charge is 2.22. The fourth-order valence-corrected chi connectivity index (χ4v) is 2.44. The molecule has 0 radical (unpaired) electrons. The maximum absolute atomic E-state index is 11.8. The van der Waals surface area contributed by atoms with Crippen LogP contribution < -0.4 is 15.4 Å². The van der Waals surface area contributed by atoms with Crippen LogP contribution in [-0.2, 0) is 16.0 Å². The fraction of sp³-hybridized carbons (Fsp3) is 0.312. The van der Waals surface area contributed by atoms with Crippen molar-refractivity contribution in [1.29, 1.82) is 0 Å². The molecule has 2 heterocycles. The molecule has 1 aromatic carbocycles. The van der Waals surface area contributed by atoms with Crippen LogP contribution in [0.4, 0.5) is 5.82 Å². The van der Waals surface area contributed by atoms with Gasteiger partial charge in [0.2, 0.25) is 0 Å². The molecule has 0 saturated carbocycles. The van der Waals surface area contributed by atoms with Gasteiger partial charge in [-0.15, -0.1) is 0 Å². The van der Waals surface area contributed by atoms with Crippen molar-refractivity contribution in [1.82, 2.24) is 10.5 Å². The highest BCUT2D eigenvalue weighted by molar-refractivity contribution is 6.39. The molecule has 1 aliphatic heterocycles. The van der Waals surface area contributed by atoms with Crippen molar-refractivity contribution in [2.24, 2.45) is 5.92 Å². The number of benzene rings is 1. The summed E-state index contributed by atoms with van der Waals surface area (Å²) in [6.45, 7) is 2.59. The van der Waals surface area contributed by atoms with Crippen molar-refractivity contribution in [3.05, 3.63) is 41.7 Å². The number of nitrogens with zero attached hydrogens (tertiary/aromatic N) is 1. The Morgan fingerprint density at radius 3 is 2.91 bits per heavy atom. The van der Waals surface area contributed by atoms with Gasteiger partial charge < -0.3 is 14.6 Å². The number of hydrogen-bond acceptors (Lipinski definition) is 5. The summed E-state index contributed by atoms with van der Waals surface area (Å²) in [5.74, 6) is 0.321. The van der Waals surface area contributed by atoms with Gasteiger partial charge in [0.25, 0.3) is 0 Å². The number of rotatable bonds is 3. The summed E-state index contributed by atoms with van der Waals surface area (Å²) in [5, 5.41) is 8.61. The van der Waals surface area contributed by atoms with Crippen LogP contribution >= 0.6 is 0 Å². The van der Waals surface area contributed by atoms with Crippen LogP contribution in [0.25, 0.3) is 0 Å². The highest BCUT2D eigenvalue weighted by atomic mass is 16.5. The number of carbonyl (C=O) groups excluding carboxylic acids is 2. The molecule has 0 saturated heterocycles. The van der Waals surface area contributed by atoms with Crippen molar-refractivity contribution in [2.75, 3.05) is 18.5 Å². The van der Waals surface area contributed by atoms with Gasteiger partial charge >= 0.3 is 11.8 Å². The minimum atomic E-state index is -0.768. The quantitative estimate of drug-likeness (QED) is 0.833. The number of ether oxygens (including phenoxy) is 1. The number of aromatic nitrogens is 1. The molecule has 1 atom stereocenters. The Morgan fingerprint density at radius 2 is 2.13 bits per heavy atom. The number of hydrogen-bond donors (Lipinski definition) is 2. The van der Waals surface area contributed by atoms with Crippen LogP contribution in [0.15, 0.2) is 34.9 Å². The summed E-state index contributed by atoms with van der Waals surface area (Å²) >= 11 is 0. The van der Waals surface area contributed by atoms with Crippen LogP contribution in [0.5, 0.6) is 5.75 Å². The molecule has 120 valence electrons.